The van der Waals surface area contributed by atoms with E-state index in [-0.39, 0.29) is 17.0 Å². The number of aromatic carboxylic acids is 1. The van der Waals surface area contributed by atoms with Crippen LogP contribution in [-0.4, -0.2) is 31.2 Å². The summed E-state index contributed by atoms with van der Waals surface area (Å²) in [7, 11) is 2.85. The Hall–Kier alpha value is -3.80. The van der Waals surface area contributed by atoms with Gasteiger partial charge in [-0.25, -0.2) is 4.79 Å². The molecule has 3 aromatic rings. The fourth-order valence-electron chi connectivity index (χ4n) is 3.04. The Bertz CT molecular complexity index is 1120. The topological polar surface area (TPSA) is 84.9 Å². The van der Waals surface area contributed by atoms with Gasteiger partial charge >= 0.3 is 5.97 Å². The molecule has 0 aliphatic carbocycles. The molecular formula is C23H21NO5. The molecule has 1 amide bonds. The summed E-state index contributed by atoms with van der Waals surface area (Å²) >= 11 is 0. The number of carbonyl (C=O) groups is 2. The van der Waals surface area contributed by atoms with Gasteiger partial charge in [-0.05, 0) is 34.9 Å². The molecule has 3 aromatic carbocycles. The number of hydrogen-bond donors (Lipinski definition) is 2. The Morgan fingerprint density at radius 3 is 2.24 bits per heavy atom. The number of anilines is 1. The van der Waals surface area contributed by atoms with E-state index in [1.165, 1.54) is 32.4 Å². The number of carboxylic acid groups (broad SMARTS) is 1. The van der Waals surface area contributed by atoms with Crippen molar-refractivity contribution in [3.63, 3.8) is 0 Å². The van der Waals surface area contributed by atoms with Crippen molar-refractivity contribution < 1.29 is 24.2 Å². The molecule has 0 unspecified atom stereocenters. The second-order valence-corrected chi connectivity index (χ2v) is 6.44. The van der Waals surface area contributed by atoms with E-state index in [1.807, 2.05) is 49.4 Å². The zero-order valence-electron chi connectivity index (χ0n) is 16.4. The molecule has 0 bridgehead atoms. The van der Waals surface area contributed by atoms with Crippen LogP contribution in [0.25, 0.3) is 16.3 Å². The van der Waals surface area contributed by atoms with Gasteiger partial charge in [0.1, 0.15) is 0 Å². The number of methoxy groups -OCH3 is 2. The van der Waals surface area contributed by atoms with Gasteiger partial charge in [0.2, 0.25) is 5.91 Å². The highest BCUT2D eigenvalue weighted by atomic mass is 16.5. The molecule has 148 valence electrons. The zero-order chi connectivity index (χ0) is 21.0. The summed E-state index contributed by atoms with van der Waals surface area (Å²) in [5, 5.41) is 14.3. The predicted octanol–water partition coefficient (Wildman–Crippen LogP) is 4.60. The molecule has 0 saturated carbocycles. The number of hydrogen-bond acceptors (Lipinski definition) is 4. The number of ether oxygens (including phenoxy) is 2. The number of carbonyl (C=O) groups excluding carboxylic acids is 1. The first-order chi connectivity index (χ1) is 13.9. The molecule has 0 aliphatic heterocycles. The Kier molecular flexibility index (Phi) is 5.83. The summed E-state index contributed by atoms with van der Waals surface area (Å²) in [5.41, 5.74) is 1.70. The molecule has 0 heterocycles. The number of rotatable bonds is 6. The molecular weight excluding hydrogens is 370 g/mol. The van der Waals surface area contributed by atoms with E-state index in [9.17, 15) is 14.7 Å². The van der Waals surface area contributed by atoms with Crippen molar-refractivity contribution >= 4 is 33.9 Å². The van der Waals surface area contributed by atoms with Gasteiger partial charge in [0.05, 0.1) is 25.5 Å². The minimum Gasteiger partial charge on any atom is -0.493 e. The van der Waals surface area contributed by atoms with Gasteiger partial charge in [0.25, 0.3) is 0 Å². The lowest BCUT2D eigenvalue weighted by Gasteiger charge is -2.13. The molecule has 0 saturated heterocycles. The number of benzene rings is 3. The van der Waals surface area contributed by atoms with Crippen LogP contribution in [0.4, 0.5) is 5.69 Å². The van der Waals surface area contributed by atoms with Crippen LogP contribution in [0.2, 0.25) is 0 Å². The van der Waals surface area contributed by atoms with Crippen LogP contribution in [0.5, 0.6) is 11.5 Å². The molecule has 0 atom stereocenters. The van der Waals surface area contributed by atoms with E-state index in [2.05, 4.69) is 5.32 Å². The third-order valence-electron chi connectivity index (χ3n) is 4.56. The zero-order valence-corrected chi connectivity index (χ0v) is 16.4. The summed E-state index contributed by atoms with van der Waals surface area (Å²) < 4.78 is 10.3. The SMILES string of the molecule is COc1cc(NC(=O)/C=C(\C)c2ccc3ccccc3c2)c(C(=O)O)cc1OC. The fraction of sp³-hybridized carbons (Fsp3) is 0.130. The molecule has 0 aromatic heterocycles. The van der Waals surface area contributed by atoms with Crippen molar-refractivity contribution in [1.29, 1.82) is 0 Å². The Labute approximate surface area is 168 Å². The third-order valence-corrected chi connectivity index (χ3v) is 4.56. The quantitative estimate of drug-likeness (QED) is 0.600. The predicted molar refractivity (Wildman–Crippen MR) is 113 cm³/mol. The van der Waals surface area contributed by atoms with Crippen molar-refractivity contribution in [2.75, 3.05) is 19.5 Å². The lowest BCUT2D eigenvalue weighted by atomic mass is 10.0. The van der Waals surface area contributed by atoms with Crippen LogP contribution in [0.3, 0.4) is 0 Å². The van der Waals surface area contributed by atoms with Crippen LogP contribution in [-0.2, 0) is 4.79 Å². The number of fused-ring (bicyclic) bond motifs is 1. The summed E-state index contributed by atoms with van der Waals surface area (Å²) in [6.45, 7) is 1.83. The van der Waals surface area contributed by atoms with Crippen molar-refractivity contribution in [2.45, 2.75) is 6.92 Å². The molecule has 3 rings (SSSR count). The van der Waals surface area contributed by atoms with Gasteiger partial charge in [-0.3, -0.25) is 4.79 Å². The van der Waals surface area contributed by atoms with E-state index in [4.69, 9.17) is 9.47 Å². The molecule has 2 N–H and O–H groups in total. The molecule has 6 nitrogen and oxygen atoms in total. The second kappa shape index (κ2) is 8.48. The van der Waals surface area contributed by atoms with Crippen molar-refractivity contribution in [3.8, 4) is 11.5 Å². The van der Waals surface area contributed by atoms with Crippen molar-refractivity contribution in [3.05, 3.63) is 71.8 Å². The monoisotopic (exact) mass is 391 g/mol. The highest BCUT2D eigenvalue weighted by Crippen LogP contribution is 2.33. The maximum atomic E-state index is 12.5. The average molecular weight is 391 g/mol. The first-order valence-corrected chi connectivity index (χ1v) is 8.90. The second-order valence-electron chi connectivity index (χ2n) is 6.44. The van der Waals surface area contributed by atoms with E-state index in [1.54, 1.807) is 0 Å². The van der Waals surface area contributed by atoms with Gasteiger partial charge in [0, 0.05) is 18.2 Å². The van der Waals surface area contributed by atoms with E-state index >= 15 is 0 Å². The fourth-order valence-corrected chi connectivity index (χ4v) is 3.04. The van der Waals surface area contributed by atoms with E-state index in [0.29, 0.717) is 5.75 Å². The lowest BCUT2D eigenvalue weighted by molar-refractivity contribution is -0.111. The van der Waals surface area contributed by atoms with Crippen LogP contribution in [0, 0.1) is 0 Å². The van der Waals surface area contributed by atoms with E-state index in [0.717, 1.165) is 21.9 Å². The highest BCUT2D eigenvalue weighted by molar-refractivity contribution is 6.08. The Balaban J connectivity index is 1.89. The van der Waals surface area contributed by atoms with Gasteiger partial charge < -0.3 is 19.9 Å². The van der Waals surface area contributed by atoms with Crippen LogP contribution >= 0.6 is 0 Å². The van der Waals surface area contributed by atoms with Gasteiger partial charge in [-0.1, -0.05) is 36.4 Å². The minimum absolute atomic E-state index is 0.0900. The maximum Gasteiger partial charge on any atom is 0.337 e. The maximum absolute atomic E-state index is 12.5. The van der Waals surface area contributed by atoms with E-state index < -0.39 is 11.9 Å². The lowest BCUT2D eigenvalue weighted by Crippen LogP contribution is -2.13. The Morgan fingerprint density at radius 2 is 1.59 bits per heavy atom. The largest absolute Gasteiger partial charge is 0.493 e. The van der Waals surface area contributed by atoms with Gasteiger partial charge in [-0.2, -0.15) is 0 Å². The molecule has 6 heteroatoms. The first-order valence-electron chi connectivity index (χ1n) is 8.90. The van der Waals surface area contributed by atoms with Crippen LogP contribution in [0.15, 0.2) is 60.7 Å². The average Bonchev–Trinajstić information content (AvgIpc) is 2.72. The number of allylic oxidation sites excluding steroid dienone is 1. The molecule has 0 fully saturated rings. The number of carboxylic acids is 1. The number of nitrogens with one attached hydrogen (secondary N) is 1. The summed E-state index contributed by atoms with van der Waals surface area (Å²) in [5.74, 6) is -1.03. The molecule has 0 radical (unpaired) electrons. The summed E-state index contributed by atoms with van der Waals surface area (Å²) in [6, 6.07) is 16.7. The van der Waals surface area contributed by atoms with Gasteiger partial charge in [-0.15, -0.1) is 0 Å². The smallest absolute Gasteiger partial charge is 0.337 e. The van der Waals surface area contributed by atoms with Crippen molar-refractivity contribution in [2.24, 2.45) is 0 Å². The highest BCUT2D eigenvalue weighted by Gasteiger charge is 2.17. The van der Waals surface area contributed by atoms with Crippen LogP contribution in [0.1, 0.15) is 22.8 Å². The van der Waals surface area contributed by atoms with Crippen LogP contribution < -0.4 is 14.8 Å². The molecule has 29 heavy (non-hydrogen) atoms. The Morgan fingerprint density at radius 1 is 0.931 bits per heavy atom. The summed E-state index contributed by atoms with van der Waals surface area (Å²) in [6.07, 6.45) is 1.44. The third kappa shape index (κ3) is 4.38. The molecule has 0 spiro atoms. The standard InChI is InChI=1S/C23H21NO5/c1-14(16-9-8-15-6-4-5-7-17(15)11-16)10-22(25)24-19-13-21(29-3)20(28-2)12-18(19)23(26)27/h4-13H,1-3H3,(H,24,25)(H,26,27)/b14-10+. The normalized spacial score (nSPS) is 11.2. The van der Waals surface area contributed by atoms with Gasteiger partial charge in [0.15, 0.2) is 11.5 Å². The molecule has 0 aliphatic rings. The first kappa shape index (κ1) is 19.9. The van der Waals surface area contributed by atoms with Crippen molar-refractivity contribution in [1.82, 2.24) is 0 Å². The summed E-state index contributed by atoms with van der Waals surface area (Å²) in [4.78, 5) is 24.1. The number of amides is 1. The minimum atomic E-state index is -1.18.